The summed E-state index contributed by atoms with van der Waals surface area (Å²) in [5.41, 5.74) is 0.768. The SMILES string of the molecule is CCn1ncc2ncnc(NCCc3cnc(NCC(=O)c4cccc(C(F)(F)F)c4)s3)c21. The standard InChI is InChI=1S/C21H20F3N7OS/c1-2-31-18-16(10-30-31)28-12-29-19(18)25-7-6-15-9-26-20(33-15)27-11-17(32)13-4-3-5-14(8-13)21(22,23)24/h3-5,8-10,12H,2,6-7,11H2,1H3,(H,26,27)(H,25,28,29). The van der Waals surface area contributed by atoms with E-state index in [1.54, 1.807) is 12.4 Å². The highest BCUT2D eigenvalue weighted by Crippen LogP contribution is 2.29. The Morgan fingerprint density at radius 3 is 2.79 bits per heavy atom. The smallest absolute Gasteiger partial charge is 0.368 e. The number of nitrogens with zero attached hydrogens (tertiary/aromatic N) is 5. The number of carbonyl (C=O) groups excluding carboxylic acids is 1. The number of carbonyl (C=O) groups is 1. The molecular weight excluding hydrogens is 455 g/mol. The van der Waals surface area contributed by atoms with Crippen LogP contribution in [0.5, 0.6) is 0 Å². The zero-order chi connectivity index (χ0) is 23.4. The number of hydrogen-bond acceptors (Lipinski definition) is 8. The minimum atomic E-state index is -4.49. The summed E-state index contributed by atoms with van der Waals surface area (Å²) in [6.45, 7) is 3.15. The molecule has 0 spiro atoms. The number of aromatic nitrogens is 5. The van der Waals surface area contributed by atoms with Gasteiger partial charge in [-0.05, 0) is 19.1 Å². The predicted octanol–water partition coefficient (Wildman–Crippen LogP) is 4.27. The third-order valence-electron chi connectivity index (χ3n) is 4.86. The van der Waals surface area contributed by atoms with Gasteiger partial charge >= 0.3 is 6.18 Å². The Kier molecular flexibility index (Phi) is 6.54. The summed E-state index contributed by atoms with van der Waals surface area (Å²) in [5.74, 6) is 0.258. The van der Waals surface area contributed by atoms with Crippen molar-refractivity contribution in [3.05, 3.63) is 59.0 Å². The van der Waals surface area contributed by atoms with E-state index in [1.807, 2.05) is 11.6 Å². The maximum Gasteiger partial charge on any atom is 0.416 e. The summed E-state index contributed by atoms with van der Waals surface area (Å²) in [5, 5.41) is 11.0. The number of nitrogens with one attached hydrogen (secondary N) is 2. The molecule has 0 saturated heterocycles. The summed E-state index contributed by atoms with van der Waals surface area (Å²) in [7, 11) is 0. The van der Waals surface area contributed by atoms with Crippen molar-refractivity contribution in [2.45, 2.75) is 26.1 Å². The quantitative estimate of drug-likeness (QED) is 0.349. The van der Waals surface area contributed by atoms with Gasteiger partial charge in [0.05, 0.1) is 18.3 Å². The van der Waals surface area contributed by atoms with Crippen molar-refractivity contribution < 1.29 is 18.0 Å². The number of ketones is 1. The van der Waals surface area contributed by atoms with E-state index in [2.05, 4.69) is 30.7 Å². The van der Waals surface area contributed by atoms with E-state index < -0.39 is 17.5 Å². The number of halogens is 3. The molecule has 172 valence electrons. The second kappa shape index (κ2) is 9.53. The fraction of sp³-hybridized carbons (Fsp3) is 0.286. The Morgan fingerprint density at radius 2 is 2.00 bits per heavy atom. The van der Waals surface area contributed by atoms with Gasteiger partial charge in [0.2, 0.25) is 0 Å². The highest BCUT2D eigenvalue weighted by Gasteiger charge is 2.30. The molecule has 4 rings (SSSR count). The lowest BCUT2D eigenvalue weighted by Crippen LogP contribution is -2.15. The average Bonchev–Trinajstić information content (AvgIpc) is 3.44. The number of aryl methyl sites for hydroxylation is 1. The van der Waals surface area contributed by atoms with E-state index in [9.17, 15) is 18.0 Å². The van der Waals surface area contributed by atoms with Crippen LogP contribution in [0.4, 0.5) is 24.1 Å². The molecule has 0 atom stereocenters. The summed E-state index contributed by atoms with van der Waals surface area (Å²) >= 11 is 1.38. The second-order valence-electron chi connectivity index (χ2n) is 7.08. The Bertz CT molecular complexity index is 1270. The van der Waals surface area contributed by atoms with Crippen LogP contribution in [0.25, 0.3) is 11.0 Å². The van der Waals surface area contributed by atoms with E-state index in [0.717, 1.165) is 28.0 Å². The molecule has 4 aromatic rings. The normalized spacial score (nSPS) is 11.6. The third-order valence-corrected chi connectivity index (χ3v) is 5.87. The summed E-state index contributed by atoms with van der Waals surface area (Å²) < 4.78 is 40.4. The molecule has 0 bridgehead atoms. The van der Waals surface area contributed by atoms with Crippen molar-refractivity contribution in [2.75, 3.05) is 23.7 Å². The minimum Gasteiger partial charge on any atom is -0.368 e. The van der Waals surface area contributed by atoms with Gasteiger partial charge in [0.25, 0.3) is 0 Å². The van der Waals surface area contributed by atoms with Gasteiger partial charge in [0.15, 0.2) is 16.7 Å². The van der Waals surface area contributed by atoms with Gasteiger partial charge in [-0.3, -0.25) is 9.48 Å². The topological polar surface area (TPSA) is 97.6 Å². The number of thiazole rings is 1. The third kappa shape index (κ3) is 5.28. The van der Waals surface area contributed by atoms with Gasteiger partial charge < -0.3 is 10.6 Å². The van der Waals surface area contributed by atoms with E-state index in [4.69, 9.17) is 0 Å². The molecule has 0 radical (unpaired) electrons. The summed E-state index contributed by atoms with van der Waals surface area (Å²) in [6.07, 6.45) is 1.08. The van der Waals surface area contributed by atoms with Gasteiger partial charge in [-0.15, -0.1) is 11.3 Å². The zero-order valence-corrected chi connectivity index (χ0v) is 18.4. The van der Waals surface area contributed by atoms with Crippen LogP contribution in [0.15, 0.2) is 43.0 Å². The van der Waals surface area contributed by atoms with Crippen LogP contribution >= 0.6 is 11.3 Å². The highest BCUT2D eigenvalue weighted by molar-refractivity contribution is 7.15. The lowest BCUT2D eigenvalue weighted by Gasteiger charge is -2.08. The largest absolute Gasteiger partial charge is 0.416 e. The molecule has 12 heteroatoms. The maximum absolute atomic E-state index is 12.8. The molecule has 33 heavy (non-hydrogen) atoms. The molecule has 1 aromatic carbocycles. The Hall–Kier alpha value is -3.54. The number of anilines is 2. The van der Waals surface area contributed by atoms with Gasteiger partial charge in [0, 0.05) is 36.1 Å². The van der Waals surface area contributed by atoms with E-state index >= 15 is 0 Å². The van der Waals surface area contributed by atoms with Gasteiger partial charge in [-0.25, -0.2) is 15.0 Å². The van der Waals surface area contributed by atoms with Crippen LogP contribution in [-0.2, 0) is 19.1 Å². The number of alkyl halides is 3. The van der Waals surface area contributed by atoms with Crippen LogP contribution in [0, 0.1) is 0 Å². The van der Waals surface area contributed by atoms with E-state index in [1.165, 1.54) is 29.8 Å². The van der Waals surface area contributed by atoms with E-state index in [0.29, 0.717) is 30.5 Å². The molecule has 0 fully saturated rings. The van der Waals surface area contributed by atoms with Crippen molar-refractivity contribution in [2.24, 2.45) is 0 Å². The molecule has 0 unspecified atom stereocenters. The molecule has 3 aromatic heterocycles. The lowest BCUT2D eigenvalue weighted by atomic mass is 10.1. The predicted molar refractivity (Wildman–Crippen MR) is 120 cm³/mol. The first-order valence-electron chi connectivity index (χ1n) is 10.1. The molecule has 8 nitrogen and oxygen atoms in total. The first-order valence-corrected chi connectivity index (χ1v) is 11.0. The summed E-state index contributed by atoms with van der Waals surface area (Å²) in [6, 6.07) is 4.39. The molecular formula is C21H20F3N7OS. The number of fused-ring (bicyclic) bond motifs is 1. The number of hydrogen-bond donors (Lipinski definition) is 2. The van der Waals surface area contributed by atoms with Gasteiger partial charge in [-0.1, -0.05) is 12.1 Å². The minimum absolute atomic E-state index is 0.000732. The van der Waals surface area contributed by atoms with Crippen LogP contribution < -0.4 is 10.6 Å². The molecule has 3 heterocycles. The zero-order valence-electron chi connectivity index (χ0n) is 17.6. The number of Topliss-reactive ketones (excluding diaryl/α,β-unsaturated/α-hetero) is 1. The maximum atomic E-state index is 12.8. The van der Waals surface area contributed by atoms with Crippen LogP contribution in [0.2, 0.25) is 0 Å². The molecule has 0 saturated carbocycles. The molecule has 0 amide bonds. The van der Waals surface area contributed by atoms with Crippen LogP contribution in [0.1, 0.15) is 27.7 Å². The van der Waals surface area contributed by atoms with Crippen LogP contribution in [0.3, 0.4) is 0 Å². The summed E-state index contributed by atoms with van der Waals surface area (Å²) in [4.78, 5) is 26.0. The van der Waals surface area contributed by atoms with Crippen molar-refractivity contribution in [1.29, 1.82) is 0 Å². The Balaban J connectivity index is 1.31. The first-order chi connectivity index (χ1) is 15.8. The molecule has 2 N–H and O–H groups in total. The van der Waals surface area contributed by atoms with Crippen molar-refractivity contribution >= 4 is 39.1 Å². The molecule has 0 aliphatic carbocycles. The number of benzene rings is 1. The number of rotatable bonds is 9. The van der Waals surface area contributed by atoms with Crippen molar-refractivity contribution in [3.63, 3.8) is 0 Å². The van der Waals surface area contributed by atoms with Gasteiger partial charge in [0.1, 0.15) is 17.4 Å². The fourth-order valence-electron chi connectivity index (χ4n) is 3.23. The monoisotopic (exact) mass is 475 g/mol. The molecule has 0 aliphatic rings. The average molecular weight is 476 g/mol. The van der Waals surface area contributed by atoms with Crippen LogP contribution in [-0.4, -0.2) is 43.6 Å². The Labute approximate surface area is 190 Å². The van der Waals surface area contributed by atoms with E-state index in [-0.39, 0.29) is 12.1 Å². The highest BCUT2D eigenvalue weighted by atomic mass is 32.1. The van der Waals surface area contributed by atoms with Crippen molar-refractivity contribution in [3.8, 4) is 0 Å². The lowest BCUT2D eigenvalue weighted by molar-refractivity contribution is -0.137. The second-order valence-corrected chi connectivity index (χ2v) is 8.20. The van der Waals surface area contributed by atoms with Crippen molar-refractivity contribution in [1.82, 2.24) is 24.7 Å². The Morgan fingerprint density at radius 1 is 1.15 bits per heavy atom. The van der Waals surface area contributed by atoms with Gasteiger partial charge in [-0.2, -0.15) is 18.3 Å². The fourth-order valence-corrected chi connectivity index (χ4v) is 4.04. The first kappa shape index (κ1) is 22.6. The molecule has 0 aliphatic heterocycles.